The number of nitrogens with two attached hydrogens (primary N) is 1. The van der Waals surface area contributed by atoms with Gasteiger partial charge in [0, 0.05) is 6.54 Å². The van der Waals surface area contributed by atoms with Gasteiger partial charge in [0.25, 0.3) is 5.91 Å². The Kier molecular flexibility index (Phi) is 4.96. The number of amides is 2. The Balaban J connectivity index is 2.05. The summed E-state index contributed by atoms with van der Waals surface area (Å²) >= 11 is 0. The molecule has 0 aromatic heterocycles. The van der Waals surface area contributed by atoms with Crippen molar-refractivity contribution in [1.82, 2.24) is 4.90 Å². The van der Waals surface area contributed by atoms with Crippen LogP contribution in [-0.4, -0.2) is 48.6 Å². The molecule has 22 heavy (non-hydrogen) atoms. The number of nitriles is 1. The molecule has 1 fully saturated rings. The predicted molar refractivity (Wildman–Crippen MR) is 76.8 cm³/mol. The fourth-order valence-corrected chi connectivity index (χ4v) is 2.39. The smallest absolute Gasteiger partial charge is 0.261 e. The van der Waals surface area contributed by atoms with E-state index in [-0.39, 0.29) is 19.1 Å². The van der Waals surface area contributed by atoms with E-state index in [1.807, 2.05) is 6.07 Å². The molecule has 2 rings (SSSR count). The Labute approximate surface area is 128 Å². The van der Waals surface area contributed by atoms with Gasteiger partial charge in [-0.3, -0.25) is 9.59 Å². The van der Waals surface area contributed by atoms with Crippen LogP contribution in [0.5, 0.6) is 5.75 Å². The van der Waals surface area contributed by atoms with E-state index in [0.717, 1.165) is 0 Å². The molecule has 2 amide bonds. The molecule has 1 aromatic carbocycles. The monoisotopic (exact) mass is 303 g/mol. The van der Waals surface area contributed by atoms with Crippen molar-refractivity contribution < 1.29 is 19.1 Å². The lowest BCUT2D eigenvalue weighted by molar-refractivity contribution is -0.154. The number of ether oxygens (including phenoxy) is 2. The summed E-state index contributed by atoms with van der Waals surface area (Å²) in [5.74, 6) is -0.653. The van der Waals surface area contributed by atoms with E-state index in [9.17, 15) is 9.59 Å². The van der Waals surface area contributed by atoms with Gasteiger partial charge in [-0.25, -0.2) is 0 Å². The van der Waals surface area contributed by atoms with Gasteiger partial charge in [-0.15, -0.1) is 0 Å². The minimum atomic E-state index is -0.809. The average Bonchev–Trinajstić information content (AvgIpc) is 2.52. The topological polar surface area (TPSA) is 106 Å². The molecule has 0 saturated carbocycles. The lowest BCUT2D eigenvalue weighted by Gasteiger charge is -2.37. The maximum Gasteiger partial charge on any atom is 0.261 e. The Bertz CT molecular complexity index is 611. The SMILES string of the molecule is C[C@H]1OCCN(C(=O)COc2ccccc2C#N)[C@@H]1C(N)=O. The molecule has 2 atom stereocenters. The van der Waals surface area contributed by atoms with Crippen LogP contribution >= 0.6 is 0 Å². The van der Waals surface area contributed by atoms with Crippen molar-refractivity contribution in [2.24, 2.45) is 5.73 Å². The van der Waals surface area contributed by atoms with Gasteiger partial charge in [0.15, 0.2) is 6.61 Å². The summed E-state index contributed by atoms with van der Waals surface area (Å²) in [5, 5.41) is 8.98. The Hall–Kier alpha value is -2.59. The summed E-state index contributed by atoms with van der Waals surface area (Å²) in [6.07, 6.45) is -0.457. The third-order valence-corrected chi connectivity index (χ3v) is 3.46. The van der Waals surface area contributed by atoms with Crippen molar-refractivity contribution in [2.45, 2.75) is 19.1 Å². The number of rotatable bonds is 4. The number of nitrogens with zero attached hydrogens (tertiary/aromatic N) is 2. The second-order valence-electron chi connectivity index (χ2n) is 4.91. The number of primary amides is 1. The molecule has 1 aliphatic heterocycles. The summed E-state index contributed by atoms with van der Waals surface area (Å²) < 4.78 is 10.8. The average molecular weight is 303 g/mol. The molecule has 2 N–H and O–H groups in total. The third-order valence-electron chi connectivity index (χ3n) is 3.46. The Morgan fingerprint density at radius 2 is 2.23 bits per heavy atom. The van der Waals surface area contributed by atoms with Crippen molar-refractivity contribution in [1.29, 1.82) is 5.26 Å². The molecule has 0 unspecified atom stereocenters. The van der Waals surface area contributed by atoms with Gasteiger partial charge >= 0.3 is 0 Å². The van der Waals surface area contributed by atoms with Crippen molar-refractivity contribution >= 4 is 11.8 Å². The van der Waals surface area contributed by atoms with E-state index in [1.54, 1.807) is 31.2 Å². The molecular formula is C15H17N3O4. The summed E-state index contributed by atoms with van der Waals surface area (Å²) in [7, 11) is 0. The Morgan fingerprint density at radius 3 is 2.91 bits per heavy atom. The number of carbonyl (C=O) groups is 2. The standard InChI is InChI=1S/C15H17N3O4/c1-10-14(15(17)20)18(6-7-21-10)13(19)9-22-12-5-3-2-4-11(12)8-16/h2-5,10,14H,6-7,9H2,1H3,(H2,17,20)/t10-,14+/m1/s1. The zero-order chi connectivity index (χ0) is 16.1. The van der Waals surface area contributed by atoms with Gasteiger partial charge in [0.05, 0.1) is 18.3 Å². The van der Waals surface area contributed by atoms with Gasteiger partial charge in [0.2, 0.25) is 5.91 Å². The van der Waals surface area contributed by atoms with Crippen LogP contribution in [-0.2, 0) is 14.3 Å². The quantitative estimate of drug-likeness (QED) is 0.845. The van der Waals surface area contributed by atoms with E-state index >= 15 is 0 Å². The van der Waals surface area contributed by atoms with Crippen LogP contribution in [0.2, 0.25) is 0 Å². The van der Waals surface area contributed by atoms with Crippen LogP contribution in [0.1, 0.15) is 12.5 Å². The highest BCUT2D eigenvalue weighted by atomic mass is 16.5. The number of benzene rings is 1. The van der Waals surface area contributed by atoms with Crippen LogP contribution in [0.15, 0.2) is 24.3 Å². The van der Waals surface area contributed by atoms with Gasteiger partial charge < -0.3 is 20.1 Å². The van der Waals surface area contributed by atoms with E-state index in [1.165, 1.54) is 4.90 Å². The van der Waals surface area contributed by atoms with Crippen molar-refractivity contribution in [3.05, 3.63) is 29.8 Å². The van der Waals surface area contributed by atoms with Gasteiger partial charge in [-0.1, -0.05) is 12.1 Å². The van der Waals surface area contributed by atoms with Crippen molar-refractivity contribution in [2.75, 3.05) is 19.8 Å². The summed E-state index contributed by atoms with van der Waals surface area (Å²) in [6.45, 7) is 2.04. The van der Waals surface area contributed by atoms with Gasteiger partial charge in [0.1, 0.15) is 17.9 Å². The molecule has 7 nitrogen and oxygen atoms in total. The summed E-state index contributed by atoms with van der Waals surface area (Å²) in [5.41, 5.74) is 5.69. The van der Waals surface area contributed by atoms with Crippen molar-refractivity contribution in [3.8, 4) is 11.8 Å². The number of morpholine rings is 1. The maximum atomic E-state index is 12.3. The van der Waals surface area contributed by atoms with Crippen molar-refractivity contribution in [3.63, 3.8) is 0 Å². The van der Waals surface area contributed by atoms with E-state index in [2.05, 4.69) is 0 Å². The highest BCUT2D eigenvalue weighted by Crippen LogP contribution is 2.18. The lowest BCUT2D eigenvalue weighted by Crippen LogP contribution is -2.59. The minimum Gasteiger partial charge on any atom is -0.482 e. The fraction of sp³-hybridized carbons (Fsp3) is 0.400. The zero-order valence-electron chi connectivity index (χ0n) is 12.2. The lowest BCUT2D eigenvalue weighted by atomic mass is 10.1. The summed E-state index contributed by atoms with van der Waals surface area (Å²) in [4.78, 5) is 25.2. The van der Waals surface area contributed by atoms with Crippen LogP contribution in [0.4, 0.5) is 0 Å². The van der Waals surface area contributed by atoms with Crippen LogP contribution in [0.25, 0.3) is 0 Å². The molecule has 1 saturated heterocycles. The molecule has 1 aliphatic rings. The summed E-state index contributed by atoms with van der Waals surface area (Å²) in [6, 6.07) is 7.81. The molecule has 0 spiro atoms. The van der Waals surface area contributed by atoms with E-state index in [4.69, 9.17) is 20.5 Å². The second kappa shape index (κ2) is 6.91. The number of hydrogen-bond acceptors (Lipinski definition) is 5. The molecular weight excluding hydrogens is 286 g/mol. The second-order valence-corrected chi connectivity index (χ2v) is 4.91. The first-order chi connectivity index (χ1) is 10.5. The van der Waals surface area contributed by atoms with Gasteiger partial charge in [-0.05, 0) is 19.1 Å². The molecule has 0 radical (unpaired) electrons. The largest absolute Gasteiger partial charge is 0.482 e. The van der Waals surface area contributed by atoms with E-state index < -0.39 is 18.1 Å². The first kappa shape index (κ1) is 15.8. The zero-order valence-corrected chi connectivity index (χ0v) is 12.2. The van der Waals surface area contributed by atoms with Crippen LogP contribution in [0.3, 0.4) is 0 Å². The first-order valence-electron chi connectivity index (χ1n) is 6.87. The molecule has 116 valence electrons. The highest BCUT2D eigenvalue weighted by Gasteiger charge is 2.36. The molecule has 7 heteroatoms. The molecule has 0 bridgehead atoms. The Morgan fingerprint density at radius 1 is 1.50 bits per heavy atom. The van der Waals surface area contributed by atoms with Crippen LogP contribution < -0.4 is 10.5 Å². The predicted octanol–water partition coefficient (Wildman–Crippen LogP) is 0.0383. The third kappa shape index (κ3) is 3.35. The van der Waals surface area contributed by atoms with Gasteiger partial charge in [-0.2, -0.15) is 5.26 Å². The number of carbonyl (C=O) groups excluding carboxylic acids is 2. The normalized spacial score (nSPS) is 21.0. The maximum absolute atomic E-state index is 12.3. The first-order valence-corrected chi connectivity index (χ1v) is 6.87. The molecule has 1 aromatic rings. The number of para-hydroxylation sites is 1. The molecule has 0 aliphatic carbocycles. The van der Waals surface area contributed by atoms with E-state index in [0.29, 0.717) is 17.9 Å². The molecule has 1 heterocycles. The highest BCUT2D eigenvalue weighted by molar-refractivity contribution is 5.88. The minimum absolute atomic E-state index is 0.269. The fourth-order valence-electron chi connectivity index (χ4n) is 2.39. The number of hydrogen-bond donors (Lipinski definition) is 1. The van der Waals surface area contributed by atoms with Crippen LogP contribution in [0, 0.1) is 11.3 Å².